The number of rotatable bonds is 6. The minimum atomic E-state index is -0.679. The van der Waals surface area contributed by atoms with E-state index in [-0.39, 0.29) is 11.6 Å². The summed E-state index contributed by atoms with van der Waals surface area (Å²) < 4.78 is 10.9. The van der Waals surface area contributed by atoms with Crippen LogP contribution in [0.2, 0.25) is 0 Å². The molecule has 3 rings (SSSR count). The highest BCUT2D eigenvalue weighted by Crippen LogP contribution is 2.22. The average molecular weight is 367 g/mol. The van der Waals surface area contributed by atoms with Gasteiger partial charge in [0.1, 0.15) is 23.2 Å². The summed E-state index contributed by atoms with van der Waals surface area (Å²) in [6, 6.07) is 8.19. The third-order valence-corrected chi connectivity index (χ3v) is 4.34. The number of hydrogen-bond donors (Lipinski definition) is 0. The normalized spacial score (nSPS) is 12.0. The van der Waals surface area contributed by atoms with Gasteiger partial charge in [-0.25, -0.2) is 14.8 Å². The number of carbonyl (C=O) groups is 1. The summed E-state index contributed by atoms with van der Waals surface area (Å²) in [6.45, 7) is 4.43. The Balaban J connectivity index is 1.90. The zero-order valence-electron chi connectivity index (χ0n) is 15.5. The van der Waals surface area contributed by atoms with Crippen LogP contribution >= 0.6 is 0 Å². The maximum atomic E-state index is 12.8. The maximum Gasteiger partial charge on any atom is 0.349 e. The quantitative estimate of drug-likeness (QED) is 0.622. The summed E-state index contributed by atoms with van der Waals surface area (Å²) >= 11 is 0. The molecule has 3 aromatic rings. The largest absolute Gasteiger partial charge is 0.493 e. The molecular formula is C20H21N3O4. The standard InChI is InChI=1S/C20H21N3O4/c1-4-9-26-15-6-5-14-10-16(20(25)27-18(14)11-15)19(24)23(3)13(2)17-7-8-21-12-22-17/h5-8,10-13H,4,9H2,1-3H3. The van der Waals surface area contributed by atoms with Crippen molar-refractivity contribution in [2.24, 2.45) is 0 Å². The lowest BCUT2D eigenvalue weighted by Gasteiger charge is -2.24. The van der Waals surface area contributed by atoms with Crippen LogP contribution in [-0.4, -0.2) is 34.4 Å². The van der Waals surface area contributed by atoms with Crippen LogP contribution in [0.15, 0.2) is 52.1 Å². The molecule has 0 saturated heterocycles. The number of benzene rings is 1. The van der Waals surface area contributed by atoms with Crippen LogP contribution in [-0.2, 0) is 0 Å². The number of nitrogens with zero attached hydrogens (tertiary/aromatic N) is 3. The van der Waals surface area contributed by atoms with Crippen LogP contribution in [0.25, 0.3) is 11.0 Å². The molecule has 0 aliphatic carbocycles. The van der Waals surface area contributed by atoms with E-state index in [9.17, 15) is 9.59 Å². The van der Waals surface area contributed by atoms with Crippen molar-refractivity contribution in [1.29, 1.82) is 0 Å². The highest BCUT2D eigenvalue weighted by Gasteiger charge is 2.23. The Hall–Kier alpha value is -3.22. The van der Waals surface area contributed by atoms with E-state index in [1.165, 1.54) is 11.2 Å². The summed E-state index contributed by atoms with van der Waals surface area (Å²) in [5, 5.41) is 0.657. The van der Waals surface area contributed by atoms with E-state index in [4.69, 9.17) is 9.15 Å². The van der Waals surface area contributed by atoms with Gasteiger partial charge in [-0.05, 0) is 37.6 Å². The fourth-order valence-electron chi connectivity index (χ4n) is 2.66. The van der Waals surface area contributed by atoms with E-state index in [0.717, 1.165) is 6.42 Å². The van der Waals surface area contributed by atoms with E-state index < -0.39 is 11.5 Å². The Labute approximate surface area is 156 Å². The molecule has 7 nitrogen and oxygen atoms in total. The second-order valence-corrected chi connectivity index (χ2v) is 6.22. The van der Waals surface area contributed by atoms with Gasteiger partial charge in [-0.15, -0.1) is 0 Å². The number of amides is 1. The van der Waals surface area contributed by atoms with Crippen LogP contribution < -0.4 is 10.4 Å². The van der Waals surface area contributed by atoms with Crippen molar-refractivity contribution < 1.29 is 13.9 Å². The molecule has 0 N–H and O–H groups in total. The molecule has 7 heteroatoms. The Kier molecular flexibility index (Phi) is 5.49. The molecule has 1 atom stereocenters. The summed E-state index contributed by atoms with van der Waals surface area (Å²) in [7, 11) is 1.63. The molecule has 27 heavy (non-hydrogen) atoms. The molecule has 1 unspecified atom stereocenters. The van der Waals surface area contributed by atoms with Gasteiger partial charge >= 0.3 is 5.63 Å². The van der Waals surface area contributed by atoms with Gasteiger partial charge in [0.15, 0.2) is 0 Å². The zero-order valence-corrected chi connectivity index (χ0v) is 15.5. The predicted molar refractivity (Wildman–Crippen MR) is 101 cm³/mol. The first kappa shape index (κ1) is 18.6. The fraction of sp³-hybridized carbons (Fsp3) is 0.300. The molecule has 1 amide bonds. The highest BCUT2D eigenvalue weighted by molar-refractivity contribution is 5.96. The maximum absolute atomic E-state index is 12.8. The van der Waals surface area contributed by atoms with Crippen molar-refractivity contribution in [2.75, 3.05) is 13.7 Å². The van der Waals surface area contributed by atoms with Gasteiger partial charge in [0, 0.05) is 24.7 Å². The topological polar surface area (TPSA) is 85.5 Å². The molecule has 140 valence electrons. The van der Waals surface area contributed by atoms with Crippen molar-refractivity contribution in [1.82, 2.24) is 14.9 Å². The zero-order chi connectivity index (χ0) is 19.4. The number of hydrogen-bond acceptors (Lipinski definition) is 6. The monoisotopic (exact) mass is 367 g/mol. The lowest BCUT2D eigenvalue weighted by molar-refractivity contribution is 0.0735. The van der Waals surface area contributed by atoms with E-state index >= 15 is 0 Å². The summed E-state index contributed by atoms with van der Waals surface area (Å²) in [5.41, 5.74) is 0.371. The second kappa shape index (κ2) is 7.99. The first-order valence-electron chi connectivity index (χ1n) is 8.75. The lowest BCUT2D eigenvalue weighted by atomic mass is 10.1. The fourth-order valence-corrected chi connectivity index (χ4v) is 2.66. The Morgan fingerprint density at radius 1 is 1.30 bits per heavy atom. The van der Waals surface area contributed by atoms with Gasteiger partial charge in [-0.2, -0.15) is 0 Å². The Morgan fingerprint density at radius 2 is 2.11 bits per heavy atom. The first-order valence-corrected chi connectivity index (χ1v) is 8.75. The molecule has 1 aromatic carbocycles. The molecule has 2 aromatic heterocycles. The van der Waals surface area contributed by atoms with Crippen molar-refractivity contribution in [2.45, 2.75) is 26.3 Å². The summed E-state index contributed by atoms with van der Waals surface area (Å²) in [5.74, 6) is 0.198. The van der Waals surface area contributed by atoms with E-state index in [0.29, 0.717) is 29.0 Å². The molecule has 0 bridgehead atoms. The van der Waals surface area contributed by atoms with Crippen molar-refractivity contribution in [3.8, 4) is 5.75 Å². The van der Waals surface area contributed by atoms with Gasteiger partial charge < -0.3 is 14.1 Å². The van der Waals surface area contributed by atoms with E-state index in [1.807, 2.05) is 13.8 Å². The summed E-state index contributed by atoms with van der Waals surface area (Å²) in [6.07, 6.45) is 3.92. The van der Waals surface area contributed by atoms with Crippen LogP contribution in [0.5, 0.6) is 5.75 Å². The Bertz CT molecular complexity index is 1000. The second-order valence-electron chi connectivity index (χ2n) is 6.22. The SMILES string of the molecule is CCCOc1ccc2cc(C(=O)N(C)C(C)c3ccncn3)c(=O)oc2c1. The molecule has 0 spiro atoms. The first-order chi connectivity index (χ1) is 13.0. The smallest absolute Gasteiger partial charge is 0.349 e. The Morgan fingerprint density at radius 3 is 2.81 bits per heavy atom. The molecule has 0 aliphatic heterocycles. The van der Waals surface area contributed by atoms with Crippen LogP contribution in [0.1, 0.15) is 42.4 Å². The molecule has 2 heterocycles. The van der Waals surface area contributed by atoms with E-state index in [2.05, 4.69) is 9.97 Å². The van der Waals surface area contributed by atoms with E-state index in [1.54, 1.807) is 43.6 Å². The number of carbonyl (C=O) groups excluding carboxylic acids is 1. The van der Waals surface area contributed by atoms with Crippen LogP contribution in [0.3, 0.4) is 0 Å². The average Bonchev–Trinajstić information content (AvgIpc) is 2.70. The van der Waals surface area contributed by atoms with Gasteiger partial charge in [-0.1, -0.05) is 6.92 Å². The third kappa shape index (κ3) is 3.97. The van der Waals surface area contributed by atoms with Crippen LogP contribution in [0.4, 0.5) is 0 Å². The van der Waals surface area contributed by atoms with Gasteiger partial charge in [-0.3, -0.25) is 4.79 Å². The molecule has 0 radical (unpaired) electrons. The van der Waals surface area contributed by atoms with Gasteiger partial charge in [0.25, 0.3) is 5.91 Å². The van der Waals surface area contributed by atoms with Crippen LogP contribution in [0, 0.1) is 0 Å². The third-order valence-electron chi connectivity index (χ3n) is 4.34. The van der Waals surface area contributed by atoms with Gasteiger partial charge in [0.2, 0.25) is 0 Å². The summed E-state index contributed by atoms with van der Waals surface area (Å²) in [4.78, 5) is 34.7. The van der Waals surface area contributed by atoms with Gasteiger partial charge in [0.05, 0.1) is 18.3 Å². The minimum Gasteiger partial charge on any atom is -0.493 e. The number of aromatic nitrogens is 2. The molecule has 0 aliphatic rings. The lowest BCUT2D eigenvalue weighted by Crippen LogP contribution is -2.33. The van der Waals surface area contributed by atoms with Crippen molar-refractivity contribution in [3.63, 3.8) is 0 Å². The molecule has 0 fully saturated rings. The minimum absolute atomic E-state index is 0.0202. The molecular weight excluding hydrogens is 346 g/mol. The van der Waals surface area contributed by atoms with Crippen molar-refractivity contribution in [3.05, 3.63) is 64.5 Å². The number of fused-ring (bicyclic) bond motifs is 1. The predicted octanol–water partition coefficient (Wildman–Crippen LogP) is 3.21. The van der Waals surface area contributed by atoms with Crippen molar-refractivity contribution >= 4 is 16.9 Å². The molecule has 0 saturated carbocycles. The highest BCUT2D eigenvalue weighted by atomic mass is 16.5. The number of ether oxygens (including phenoxy) is 1.